The van der Waals surface area contributed by atoms with Crippen LogP contribution in [0.3, 0.4) is 0 Å². The monoisotopic (exact) mass is 348 g/mol. The van der Waals surface area contributed by atoms with Crippen molar-refractivity contribution >= 4 is 22.6 Å². The zero-order chi connectivity index (χ0) is 17.8. The summed E-state index contributed by atoms with van der Waals surface area (Å²) in [7, 11) is 0. The Morgan fingerprint density at radius 3 is 2.62 bits per heavy atom. The van der Waals surface area contributed by atoms with Crippen LogP contribution in [0.1, 0.15) is 0 Å². The zero-order valence-electron chi connectivity index (χ0n) is 14.4. The molecule has 2 aromatic heterocycles. The van der Waals surface area contributed by atoms with Gasteiger partial charge in [-0.3, -0.25) is 9.78 Å². The summed E-state index contributed by atoms with van der Waals surface area (Å²) in [6.45, 7) is 2.98. The summed E-state index contributed by atoms with van der Waals surface area (Å²) in [5.41, 5.74) is 0.914. The highest BCUT2D eigenvalue weighted by Gasteiger charge is 2.22. The molecule has 0 saturated carbocycles. The highest BCUT2D eigenvalue weighted by atomic mass is 16.5. The lowest BCUT2D eigenvalue weighted by Gasteiger charge is -2.35. The molecule has 6 heteroatoms. The second-order valence-corrected chi connectivity index (χ2v) is 6.20. The van der Waals surface area contributed by atoms with Gasteiger partial charge in [0.05, 0.1) is 5.52 Å². The van der Waals surface area contributed by atoms with E-state index in [2.05, 4.69) is 14.9 Å². The smallest absolute Gasteiger partial charge is 0.260 e. The fourth-order valence-electron chi connectivity index (χ4n) is 3.11. The van der Waals surface area contributed by atoms with Crippen LogP contribution in [0.25, 0.3) is 10.9 Å². The molecule has 0 N–H and O–H groups in total. The van der Waals surface area contributed by atoms with Crippen molar-refractivity contribution in [2.45, 2.75) is 0 Å². The molecule has 1 fully saturated rings. The van der Waals surface area contributed by atoms with Gasteiger partial charge in [0.2, 0.25) is 0 Å². The molecule has 0 atom stereocenters. The van der Waals surface area contributed by atoms with Crippen LogP contribution in [0.5, 0.6) is 5.75 Å². The Morgan fingerprint density at radius 2 is 1.81 bits per heavy atom. The Bertz CT molecular complexity index is 892. The van der Waals surface area contributed by atoms with Crippen LogP contribution in [0.2, 0.25) is 0 Å². The van der Waals surface area contributed by atoms with Gasteiger partial charge in [0.25, 0.3) is 5.91 Å². The van der Waals surface area contributed by atoms with E-state index in [0.717, 1.165) is 29.8 Å². The summed E-state index contributed by atoms with van der Waals surface area (Å²) in [6, 6.07) is 15.4. The molecule has 1 amide bonds. The molecule has 3 aromatic rings. The number of piperazine rings is 1. The summed E-state index contributed by atoms with van der Waals surface area (Å²) >= 11 is 0. The number of amides is 1. The number of pyridine rings is 2. The van der Waals surface area contributed by atoms with Gasteiger partial charge < -0.3 is 14.5 Å². The maximum atomic E-state index is 12.4. The lowest BCUT2D eigenvalue weighted by molar-refractivity contribution is -0.133. The lowest BCUT2D eigenvalue weighted by atomic mass is 10.2. The summed E-state index contributed by atoms with van der Waals surface area (Å²) < 4.78 is 5.70. The van der Waals surface area contributed by atoms with Crippen LogP contribution >= 0.6 is 0 Å². The number of rotatable bonds is 4. The fourth-order valence-corrected chi connectivity index (χ4v) is 3.11. The number of carbonyl (C=O) groups excluding carboxylic acids is 1. The molecule has 1 aliphatic rings. The number of hydrogen-bond acceptors (Lipinski definition) is 5. The molecule has 0 unspecified atom stereocenters. The average Bonchev–Trinajstić information content (AvgIpc) is 2.72. The second kappa shape index (κ2) is 7.39. The number of hydrogen-bond donors (Lipinski definition) is 0. The van der Waals surface area contributed by atoms with Crippen LogP contribution in [-0.4, -0.2) is 53.6 Å². The van der Waals surface area contributed by atoms with Crippen molar-refractivity contribution in [1.29, 1.82) is 0 Å². The SMILES string of the molecule is O=C(COc1ccc2ncccc2c1)N1CCN(c2ccccn2)CC1. The van der Waals surface area contributed by atoms with E-state index in [1.165, 1.54) is 0 Å². The zero-order valence-corrected chi connectivity index (χ0v) is 14.4. The van der Waals surface area contributed by atoms with Gasteiger partial charge in [-0.05, 0) is 36.4 Å². The standard InChI is InChI=1S/C20H20N4O2/c25-20(15-26-17-6-7-18-16(14-17)4-3-9-21-18)24-12-10-23(11-13-24)19-5-1-2-8-22-19/h1-9,14H,10-13,15H2. The molecule has 0 radical (unpaired) electrons. The van der Waals surface area contributed by atoms with Crippen LogP contribution < -0.4 is 9.64 Å². The lowest BCUT2D eigenvalue weighted by Crippen LogP contribution is -2.50. The number of carbonyl (C=O) groups is 1. The van der Waals surface area contributed by atoms with Crippen molar-refractivity contribution in [2.75, 3.05) is 37.7 Å². The van der Waals surface area contributed by atoms with Crippen LogP contribution in [-0.2, 0) is 4.79 Å². The molecule has 132 valence electrons. The van der Waals surface area contributed by atoms with Crippen molar-refractivity contribution in [1.82, 2.24) is 14.9 Å². The minimum absolute atomic E-state index is 0.0111. The highest BCUT2D eigenvalue weighted by Crippen LogP contribution is 2.19. The Labute approximate surface area is 152 Å². The fraction of sp³-hybridized carbons (Fsp3) is 0.250. The number of fused-ring (bicyclic) bond motifs is 1. The highest BCUT2D eigenvalue weighted by molar-refractivity contribution is 5.80. The van der Waals surface area contributed by atoms with Crippen molar-refractivity contribution in [3.63, 3.8) is 0 Å². The second-order valence-electron chi connectivity index (χ2n) is 6.20. The quantitative estimate of drug-likeness (QED) is 0.724. The molecular weight excluding hydrogens is 328 g/mol. The van der Waals surface area contributed by atoms with Crippen LogP contribution in [0.4, 0.5) is 5.82 Å². The number of benzene rings is 1. The van der Waals surface area contributed by atoms with E-state index in [1.807, 2.05) is 53.4 Å². The summed E-state index contributed by atoms with van der Waals surface area (Å²) in [4.78, 5) is 25.1. The third kappa shape index (κ3) is 3.59. The first-order chi connectivity index (χ1) is 12.8. The Morgan fingerprint density at radius 1 is 0.962 bits per heavy atom. The van der Waals surface area contributed by atoms with Crippen molar-refractivity contribution < 1.29 is 9.53 Å². The Hall–Kier alpha value is -3.15. The van der Waals surface area contributed by atoms with Gasteiger partial charge in [0, 0.05) is 44.0 Å². The van der Waals surface area contributed by atoms with E-state index in [-0.39, 0.29) is 12.5 Å². The number of anilines is 1. The molecular formula is C20H20N4O2. The molecule has 3 heterocycles. The summed E-state index contributed by atoms with van der Waals surface area (Å²) in [5.74, 6) is 1.66. The van der Waals surface area contributed by atoms with E-state index >= 15 is 0 Å². The minimum Gasteiger partial charge on any atom is -0.484 e. The molecule has 4 rings (SSSR count). The maximum absolute atomic E-state index is 12.4. The van der Waals surface area contributed by atoms with Gasteiger partial charge in [-0.2, -0.15) is 0 Å². The van der Waals surface area contributed by atoms with Crippen molar-refractivity contribution in [2.24, 2.45) is 0 Å². The van der Waals surface area contributed by atoms with Gasteiger partial charge in [-0.1, -0.05) is 12.1 Å². The molecule has 1 aliphatic heterocycles. The normalized spacial score (nSPS) is 14.5. The first-order valence-electron chi connectivity index (χ1n) is 8.71. The third-order valence-corrected chi connectivity index (χ3v) is 4.54. The van der Waals surface area contributed by atoms with E-state index in [9.17, 15) is 4.79 Å². The third-order valence-electron chi connectivity index (χ3n) is 4.54. The minimum atomic E-state index is 0.0111. The summed E-state index contributed by atoms with van der Waals surface area (Å²) in [5, 5.41) is 1.00. The summed E-state index contributed by atoms with van der Waals surface area (Å²) in [6.07, 6.45) is 3.55. The van der Waals surface area contributed by atoms with E-state index in [4.69, 9.17) is 4.74 Å². The van der Waals surface area contributed by atoms with E-state index < -0.39 is 0 Å². The molecule has 0 aliphatic carbocycles. The number of aromatic nitrogens is 2. The van der Waals surface area contributed by atoms with Gasteiger partial charge in [-0.25, -0.2) is 4.98 Å². The van der Waals surface area contributed by atoms with Gasteiger partial charge in [0.1, 0.15) is 11.6 Å². The molecule has 0 spiro atoms. The molecule has 1 saturated heterocycles. The van der Waals surface area contributed by atoms with Crippen LogP contribution in [0, 0.1) is 0 Å². The number of nitrogens with zero attached hydrogens (tertiary/aromatic N) is 4. The molecule has 6 nitrogen and oxygen atoms in total. The van der Waals surface area contributed by atoms with Crippen LogP contribution in [0.15, 0.2) is 60.9 Å². The topological polar surface area (TPSA) is 58.6 Å². The van der Waals surface area contributed by atoms with Gasteiger partial charge in [0.15, 0.2) is 6.61 Å². The first-order valence-corrected chi connectivity index (χ1v) is 8.71. The Balaban J connectivity index is 1.31. The van der Waals surface area contributed by atoms with E-state index in [0.29, 0.717) is 18.8 Å². The largest absolute Gasteiger partial charge is 0.484 e. The predicted molar refractivity (Wildman–Crippen MR) is 100 cm³/mol. The van der Waals surface area contributed by atoms with E-state index in [1.54, 1.807) is 12.4 Å². The number of ether oxygens (including phenoxy) is 1. The van der Waals surface area contributed by atoms with Crippen molar-refractivity contribution in [3.05, 3.63) is 60.9 Å². The van der Waals surface area contributed by atoms with Gasteiger partial charge >= 0.3 is 0 Å². The molecule has 1 aromatic carbocycles. The Kier molecular flexibility index (Phi) is 4.64. The first kappa shape index (κ1) is 16.3. The molecule has 0 bridgehead atoms. The average molecular weight is 348 g/mol. The maximum Gasteiger partial charge on any atom is 0.260 e. The van der Waals surface area contributed by atoms with Crippen molar-refractivity contribution in [3.8, 4) is 5.75 Å². The van der Waals surface area contributed by atoms with Gasteiger partial charge in [-0.15, -0.1) is 0 Å². The molecule has 26 heavy (non-hydrogen) atoms. The predicted octanol–water partition coefficient (Wildman–Crippen LogP) is 2.36.